The minimum absolute atomic E-state index is 0.374. The van der Waals surface area contributed by atoms with Gasteiger partial charge >= 0.3 is 0 Å². The van der Waals surface area contributed by atoms with Crippen LogP contribution >= 0.6 is 0 Å². The van der Waals surface area contributed by atoms with E-state index in [9.17, 15) is 8.42 Å². The summed E-state index contributed by atoms with van der Waals surface area (Å²) < 4.78 is 38.1. The van der Waals surface area contributed by atoms with Crippen LogP contribution < -0.4 is 4.90 Å². The lowest BCUT2D eigenvalue weighted by atomic mass is 10.1. The maximum Gasteiger partial charge on any atom is 0.243 e. The zero-order valence-corrected chi connectivity index (χ0v) is 16.8. The van der Waals surface area contributed by atoms with Gasteiger partial charge in [-0.25, -0.2) is 8.42 Å². The molecule has 0 unspecified atom stereocenters. The zero-order chi connectivity index (χ0) is 19.7. The first-order chi connectivity index (χ1) is 13.4. The van der Waals surface area contributed by atoms with Gasteiger partial charge < -0.3 is 13.8 Å². The number of rotatable bonds is 5. The maximum atomic E-state index is 12.9. The van der Waals surface area contributed by atoms with Crippen LogP contribution in [0, 0.1) is 13.8 Å². The average Bonchev–Trinajstić information content (AvgIpc) is 3.36. The van der Waals surface area contributed by atoms with Crippen molar-refractivity contribution >= 4 is 10.0 Å². The lowest BCUT2D eigenvalue weighted by Crippen LogP contribution is -3.13. The topological polar surface area (TPSA) is 81.0 Å². The molecule has 0 bridgehead atoms. The summed E-state index contributed by atoms with van der Waals surface area (Å²) in [5.41, 5.74) is 2.92. The Bertz CT molecular complexity index is 1050. The van der Waals surface area contributed by atoms with Crippen LogP contribution in [0.2, 0.25) is 0 Å². The number of sulfonamides is 1. The molecule has 148 valence electrons. The number of hydrogen-bond donors (Lipinski definition) is 1. The van der Waals surface area contributed by atoms with Crippen molar-refractivity contribution in [3.05, 3.63) is 59.5 Å². The molecule has 1 saturated heterocycles. The van der Waals surface area contributed by atoms with Gasteiger partial charge in [-0.1, -0.05) is 11.2 Å². The second-order valence-corrected chi connectivity index (χ2v) is 9.17. The first-order valence-electron chi connectivity index (χ1n) is 9.34. The Kier molecular flexibility index (Phi) is 5.09. The number of nitrogens with one attached hydrogen (secondary N) is 1. The van der Waals surface area contributed by atoms with Crippen LogP contribution in [-0.4, -0.2) is 44.1 Å². The Morgan fingerprint density at radius 3 is 2.54 bits per heavy atom. The van der Waals surface area contributed by atoms with E-state index in [1.54, 1.807) is 28.8 Å². The van der Waals surface area contributed by atoms with Crippen molar-refractivity contribution in [1.82, 2.24) is 9.46 Å². The summed E-state index contributed by atoms with van der Waals surface area (Å²) in [5.74, 6) is 1.26. The number of benzene rings is 1. The van der Waals surface area contributed by atoms with Crippen LogP contribution in [0.4, 0.5) is 0 Å². The molecule has 3 heterocycles. The summed E-state index contributed by atoms with van der Waals surface area (Å²) in [7, 11) is -3.45. The number of furan rings is 1. The molecular weight excluding hydrogens is 378 g/mol. The van der Waals surface area contributed by atoms with Crippen LogP contribution in [0.1, 0.15) is 16.8 Å². The molecule has 0 saturated carbocycles. The molecule has 0 atom stereocenters. The molecule has 1 fully saturated rings. The van der Waals surface area contributed by atoms with Gasteiger partial charge in [0, 0.05) is 6.07 Å². The molecule has 7 nitrogen and oxygen atoms in total. The van der Waals surface area contributed by atoms with E-state index in [1.165, 1.54) is 4.90 Å². The molecule has 0 amide bonds. The van der Waals surface area contributed by atoms with Crippen LogP contribution in [0.25, 0.3) is 11.5 Å². The minimum atomic E-state index is -3.45. The van der Waals surface area contributed by atoms with Gasteiger partial charge in [-0.3, -0.25) is 0 Å². The Hall–Kier alpha value is -2.42. The van der Waals surface area contributed by atoms with E-state index >= 15 is 0 Å². The minimum Gasteiger partial charge on any atom is -0.461 e. The molecule has 1 aliphatic rings. The Labute approximate surface area is 164 Å². The largest absolute Gasteiger partial charge is 0.461 e. The molecule has 2 aromatic heterocycles. The third-order valence-corrected chi connectivity index (χ3v) is 7.19. The fourth-order valence-electron chi connectivity index (χ4n) is 3.43. The van der Waals surface area contributed by atoms with Crippen LogP contribution in [0.15, 0.2) is 56.5 Å². The van der Waals surface area contributed by atoms with Crippen molar-refractivity contribution in [2.24, 2.45) is 0 Å². The summed E-state index contributed by atoms with van der Waals surface area (Å²) in [6.07, 6.45) is 1.60. The maximum absolute atomic E-state index is 12.9. The number of quaternary nitrogens is 1. The normalized spacial score (nSPS) is 16.5. The Morgan fingerprint density at radius 1 is 1.07 bits per heavy atom. The van der Waals surface area contributed by atoms with Crippen LogP contribution in [-0.2, 0) is 16.6 Å². The van der Waals surface area contributed by atoms with Crippen molar-refractivity contribution in [3.63, 3.8) is 0 Å². The molecule has 1 aliphatic heterocycles. The molecule has 0 radical (unpaired) electrons. The van der Waals surface area contributed by atoms with Crippen molar-refractivity contribution in [3.8, 4) is 11.5 Å². The molecule has 4 rings (SSSR count). The first-order valence-corrected chi connectivity index (χ1v) is 10.8. The van der Waals surface area contributed by atoms with Gasteiger partial charge in [0.15, 0.2) is 5.76 Å². The first kappa shape index (κ1) is 18.9. The number of piperazine rings is 1. The average molecular weight is 402 g/mol. The number of hydrogen-bond acceptors (Lipinski definition) is 5. The third kappa shape index (κ3) is 3.76. The second-order valence-electron chi connectivity index (χ2n) is 7.24. The van der Waals surface area contributed by atoms with Gasteiger partial charge in [0.05, 0.1) is 37.3 Å². The van der Waals surface area contributed by atoms with Gasteiger partial charge in [0.1, 0.15) is 12.2 Å². The predicted octanol–water partition coefficient (Wildman–Crippen LogP) is 1.64. The highest BCUT2D eigenvalue weighted by atomic mass is 32.2. The molecule has 8 heteroatoms. The van der Waals surface area contributed by atoms with E-state index in [4.69, 9.17) is 8.94 Å². The summed E-state index contributed by atoms with van der Waals surface area (Å²) in [6.45, 7) is 7.06. The van der Waals surface area contributed by atoms with Crippen LogP contribution in [0.5, 0.6) is 0 Å². The molecule has 0 aliphatic carbocycles. The van der Waals surface area contributed by atoms with Gasteiger partial charge in [-0.2, -0.15) is 4.31 Å². The Balaban J connectivity index is 1.38. The van der Waals surface area contributed by atoms with E-state index in [2.05, 4.69) is 5.16 Å². The van der Waals surface area contributed by atoms with Gasteiger partial charge in [-0.15, -0.1) is 0 Å². The highest BCUT2D eigenvalue weighted by molar-refractivity contribution is 7.89. The summed E-state index contributed by atoms with van der Waals surface area (Å²) in [5, 5.41) is 4.11. The SMILES string of the molecule is Cc1ccc(S(=O)(=O)N2CC[NH+](Cc3cc(-c4ccco4)on3)CC2)cc1C. The third-order valence-electron chi connectivity index (χ3n) is 5.30. The molecule has 1 aromatic carbocycles. The van der Waals surface area contributed by atoms with E-state index in [0.29, 0.717) is 36.1 Å². The highest BCUT2D eigenvalue weighted by Crippen LogP contribution is 2.21. The number of aryl methyl sites for hydroxylation is 2. The van der Waals surface area contributed by atoms with Gasteiger partial charge in [-0.05, 0) is 49.2 Å². The van der Waals surface area contributed by atoms with Crippen molar-refractivity contribution in [2.75, 3.05) is 26.2 Å². The molecule has 1 N–H and O–H groups in total. The lowest BCUT2D eigenvalue weighted by molar-refractivity contribution is -0.917. The Morgan fingerprint density at radius 2 is 1.86 bits per heavy atom. The highest BCUT2D eigenvalue weighted by Gasteiger charge is 2.31. The summed E-state index contributed by atoms with van der Waals surface area (Å²) >= 11 is 0. The lowest BCUT2D eigenvalue weighted by Gasteiger charge is -2.31. The van der Waals surface area contributed by atoms with Crippen molar-refractivity contribution in [1.29, 1.82) is 0 Å². The van der Waals surface area contributed by atoms with Gasteiger partial charge in [0.2, 0.25) is 15.8 Å². The van der Waals surface area contributed by atoms with E-state index in [1.807, 2.05) is 32.0 Å². The standard InChI is InChI=1S/C20H23N3O4S/c1-15-5-6-18(12-16(15)2)28(24,25)23-9-7-22(8-10-23)14-17-13-20(27-21-17)19-4-3-11-26-19/h3-6,11-13H,7-10,14H2,1-2H3/p+1. The predicted molar refractivity (Wildman–Crippen MR) is 103 cm³/mol. The summed E-state index contributed by atoms with van der Waals surface area (Å²) in [4.78, 5) is 1.66. The van der Waals surface area contributed by atoms with Crippen LogP contribution in [0.3, 0.4) is 0 Å². The fraction of sp³-hybridized carbons (Fsp3) is 0.350. The molecule has 0 spiro atoms. The summed E-state index contributed by atoms with van der Waals surface area (Å²) in [6, 6.07) is 10.8. The number of nitrogens with zero attached hydrogens (tertiary/aromatic N) is 2. The monoisotopic (exact) mass is 402 g/mol. The van der Waals surface area contributed by atoms with Crippen molar-refractivity contribution < 1.29 is 22.3 Å². The smallest absolute Gasteiger partial charge is 0.243 e. The molecular formula is C20H24N3O4S+. The number of aromatic nitrogens is 1. The fourth-order valence-corrected chi connectivity index (χ4v) is 4.96. The quantitative estimate of drug-likeness (QED) is 0.702. The second kappa shape index (κ2) is 7.54. The van der Waals surface area contributed by atoms with E-state index in [-0.39, 0.29) is 0 Å². The van der Waals surface area contributed by atoms with E-state index in [0.717, 1.165) is 29.9 Å². The van der Waals surface area contributed by atoms with Gasteiger partial charge in [0.25, 0.3) is 0 Å². The van der Waals surface area contributed by atoms with E-state index < -0.39 is 10.0 Å². The molecule has 3 aromatic rings. The van der Waals surface area contributed by atoms with Crippen molar-refractivity contribution in [2.45, 2.75) is 25.3 Å². The molecule has 28 heavy (non-hydrogen) atoms. The zero-order valence-electron chi connectivity index (χ0n) is 16.0.